The molecule has 1 N–H and O–H groups in total. The predicted molar refractivity (Wildman–Crippen MR) is 128 cm³/mol. The van der Waals surface area contributed by atoms with Gasteiger partial charge in [-0.1, -0.05) is 60.7 Å². The van der Waals surface area contributed by atoms with E-state index in [-0.39, 0.29) is 29.9 Å². The van der Waals surface area contributed by atoms with Crippen LogP contribution in [0.2, 0.25) is 0 Å². The maximum Gasteiger partial charge on any atom is 0.243 e. The SMILES string of the molecule is Cc1cc(C)c([C@@H](C)NC(=O)CN(Cc2ccccc2)S(=O)(=O)c2ccccc2)cc1C. The van der Waals surface area contributed by atoms with Crippen LogP contribution in [0.15, 0.2) is 77.7 Å². The molecule has 168 valence electrons. The molecule has 0 saturated heterocycles. The molecule has 0 bridgehead atoms. The molecule has 0 unspecified atom stereocenters. The van der Waals surface area contributed by atoms with Gasteiger partial charge in [0.25, 0.3) is 0 Å². The molecule has 1 amide bonds. The fourth-order valence-electron chi connectivity index (χ4n) is 3.73. The van der Waals surface area contributed by atoms with E-state index in [4.69, 9.17) is 0 Å². The van der Waals surface area contributed by atoms with Crippen LogP contribution in [0.25, 0.3) is 0 Å². The van der Waals surface area contributed by atoms with E-state index >= 15 is 0 Å². The lowest BCUT2D eigenvalue weighted by Crippen LogP contribution is -2.41. The predicted octanol–water partition coefficient (Wildman–Crippen LogP) is 4.68. The van der Waals surface area contributed by atoms with Crippen LogP contribution in [0.5, 0.6) is 0 Å². The van der Waals surface area contributed by atoms with Crippen LogP contribution >= 0.6 is 0 Å². The van der Waals surface area contributed by atoms with E-state index in [1.807, 2.05) is 51.1 Å². The van der Waals surface area contributed by atoms with E-state index < -0.39 is 10.0 Å². The van der Waals surface area contributed by atoms with E-state index in [1.165, 1.54) is 9.87 Å². The Kier molecular flexibility index (Phi) is 7.48. The Bertz CT molecular complexity index is 1180. The zero-order chi connectivity index (χ0) is 23.3. The number of hydrogen-bond donors (Lipinski definition) is 1. The van der Waals surface area contributed by atoms with Gasteiger partial charge < -0.3 is 5.32 Å². The van der Waals surface area contributed by atoms with Gasteiger partial charge in [-0.2, -0.15) is 4.31 Å². The molecule has 0 aliphatic heterocycles. The van der Waals surface area contributed by atoms with Crippen LogP contribution in [0, 0.1) is 20.8 Å². The van der Waals surface area contributed by atoms with Crippen LogP contribution in [0.3, 0.4) is 0 Å². The largest absolute Gasteiger partial charge is 0.348 e. The minimum atomic E-state index is -3.84. The third-order valence-electron chi connectivity index (χ3n) is 5.63. The molecule has 32 heavy (non-hydrogen) atoms. The van der Waals surface area contributed by atoms with Crippen molar-refractivity contribution in [2.45, 2.75) is 45.2 Å². The van der Waals surface area contributed by atoms with Crippen molar-refractivity contribution in [1.82, 2.24) is 9.62 Å². The Labute approximate surface area is 191 Å². The van der Waals surface area contributed by atoms with Crippen molar-refractivity contribution < 1.29 is 13.2 Å². The molecule has 0 spiro atoms. The summed E-state index contributed by atoms with van der Waals surface area (Å²) in [6.07, 6.45) is 0. The minimum absolute atomic E-state index is 0.114. The molecule has 0 aliphatic carbocycles. The number of nitrogens with one attached hydrogen (secondary N) is 1. The summed E-state index contributed by atoms with van der Waals surface area (Å²) < 4.78 is 27.8. The quantitative estimate of drug-likeness (QED) is 0.542. The second-order valence-corrected chi connectivity index (χ2v) is 10.1. The van der Waals surface area contributed by atoms with Crippen molar-refractivity contribution in [1.29, 1.82) is 0 Å². The number of amides is 1. The van der Waals surface area contributed by atoms with Crippen molar-refractivity contribution in [3.8, 4) is 0 Å². The second kappa shape index (κ2) is 10.1. The van der Waals surface area contributed by atoms with Crippen molar-refractivity contribution in [3.63, 3.8) is 0 Å². The Hall–Kier alpha value is -2.96. The first-order chi connectivity index (χ1) is 15.2. The van der Waals surface area contributed by atoms with Gasteiger partial charge in [0.1, 0.15) is 0 Å². The molecule has 6 heteroatoms. The summed E-state index contributed by atoms with van der Waals surface area (Å²) in [6, 6.07) is 21.5. The Morgan fingerprint density at radius 2 is 1.44 bits per heavy atom. The van der Waals surface area contributed by atoms with E-state index in [1.54, 1.807) is 30.3 Å². The van der Waals surface area contributed by atoms with Gasteiger partial charge in [0.15, 0.2) is 0 Å². The normalized spacial score (nSPS) is 12.5. The number of rotatable bonds is 8. The lowest BCUT2D eigenvalue weighted by atomic mass is 9.96. The smallest absolute Gasteiger partial charge is 0.243 e. The van der Waals surface area contributed by atoms with Gasteiger partial charge in [0.05, 0.1) is 17.5 Å². The van der Waals surface area contributed by atoms with Crippen molar-refractivity contribution in [3.05, 3.63) is 101 Å². The fraction of sp³-hybridized carbons (Fsp3) is 0.269. The minimum Gasteiger partial charge on any atom is -0.348 e. The molecule has 0 aliphatic rings. The van der Waals surface area contributed by atoms with Gasteiger partial charge >= 0.3 is 0 Å². The summed E-state index contributed by atoms with van der Waals surface area (Å²) in [5.74, 6) is -0.342. The number of nitrogens with zero attached hydrogens (tertiary/aromatic N) is 1. The zero-order valence-electron chi connectivity index (χ0n) is 19.0. The van der Waals surface area contributed by atoms with Gasteiger partial charge in [-0.15, -0.1) is 0 Å². The van der Waals surface area contributed by atoms with Crippen LogP contribution in [0.1, 0.15) is 40.8 Å². The Balaban J connectivity index is 1.83. The van der Waals surface area contributed by atoms with Gasteiger partial charge in [-0.3, -0.25) is 4.79 Å². The maximum atomic E-state index is 13.3. The van der Waals surface area contributed by atoms with Gasteiger partial charge in [-0.25, -0.2) is 8.42 Å². The molecule has 1 atom stereocenters. The van der Waals surface area contributed by atoms with E-state index in [2.05, 4.69) is 24.4 Å². The number of carbonyl (C=O) groups excluding carboxylic acids is 1. The molecule has 3 rings (SSSR count). The van der Waals surface area contributed by atoms with Crippen molar-refractivity contribution >= 4 is 15.9 Å². The number of carbonyl (C=O) groups is 1. The highest BCUT2D eigenvalue weighted by Gasteiger charge is 2.27. The van der Waals surface area contributed by atoms with Crippen LogP contribution in [-0.2, 0) is 21.4 Å². The lowest BCUT2D eigenvalue weighted by Gasteiger charge is -2.24. The van der Waals surface area contributed by atoms with Crippen molar-refractivity contribution in [2.75, 3.05) is 6.54 Å². The molecular formula is C26H30N2O3S. The highest BCUT2D eigenvalue weighted by atomic mass is 32.2. The summed E-state index contributed by atoms with van der Waals surface area (Å²) in [6.45, 7) is 7.89. The summed E-state index contributed by atoms with van der Waals surface area (Å²) in [5.41, 5.74) is 5.30. The number of hydrogen-bond acceptors (Lipinski definition) is 3. The Morgan fingerprint density at radius 1 is 0.875 bits per heavy atom. The molecule has 0 heterocycles. The van der Waals surface area contributed by atoms with E-state index in [0.717, 1.165) is 22.3 Å². The first-order valence-electron chi connectivity index (χ1n) is 10.6. The van der Waals surface area contributed by atoms with Gasteiger partial charge in [0, 0.05) is 6.54 Å². The molecule has 3 aromatic carbocycles. The van der Waals surface area contributed by atoms with Crippen molar-refractivity contribution in [2.24, 2.45) is 0 Å². The van der Waals surface area contributed by atoms with Gasteiger partial charge in [-0.05, 0) is 67.6 Å². The van der Waals surface area contributed by atoms with E-state index in [0.29, 0.717) is 0 Å². The van der Waals surface area contributed by atoms with Crippen LogP contribution < -0.4 is 5.32 Å². The highest BCUT2D eigenvalue weighted by Crippen LogP contribution is 2.22. The molecule has 0 saturated carbocycles. The molecule has 5 nitrogen and oxygen atoms in total. The third kappa shape index (κ3) is 5.64. The fourth-order valence-corrected chi connectivity index (χ4v) is 5.13. The number of sulfonamides is 1. The molecule has 0 radical (unpaired) electrons. The monoisotopic (exact) mass is 450 g/mol. The average molecular weight is 451 g/mol. The topological polar surface area (TPSA) is 66.5 Å². The molecule has 0 aromatic heterocycles. The molecular weight excluding hydrogens is 420 g/mol. The lowest BCUT2D eigenvalue weighted by molar-refractivity contribution is -0.122. The highest BCUT2D eigenvalue weighted by molar-refractivity contribution is 7.89. The summed E-state index contributed by atoms with van der Waals surface area (Å²) in [5, 5.41) is 2.98. The van der Waals surface area contributed by atoms with E-state index in [9.17, 15) is 13.2 Å². The Morgan fingerprint density at radius 3 is 2.06 bits per heavy atom. The van der Waals surface area contributed by atoms with Crippen LogP contribution in [0.4, 0.5) is 0 Å². The van der Waals surface area contributed by atoms with Gasteiger partial charge in [0.2, 0.25) is 15.9 Å². The standard InChI is InChI=1S/C26H30N2O3S/c1-19-15-21(3)25(16-20(19)2)22(4)27-26(29)18-28(17-23-11-7-5-8-12-23)32(30,31)24-13-9-6-10-14-24/h5-16,22H,17-18H2,1-4H3,(H,27,29)/t22-/m1/s1. The molecule has 3 aromatic rings. The zero-order valence-corrected chi connectivity index (χ0v) is 19.8. The van der Waals surface area contributed by atoms with Crippen LogP contribution in [-0.4, -0.2) is 25.2 Å². The number of aryl methyl sites for hydroxylation is 3. The summed E-state index contributed by atoms with van der Waals surface area (Å²) in [7, 11) is -3.84. The third-order valence-corrected chi connectivity index (χ3v) is 7.43. The first-order valence-corrected chi connectivity index (χ1v) is 12.1. The number of benzene rings is 3. The first kappa shape index (κ1) is 23.7. The second-order valence-electron chi connectivity index (χ2n) is 8.15. The summed E-state index contributed by atoms with van der Waals surface area (Å²) in [4.78, 5) is 13.1. The average Bonchev–Trinajstić information content (AvgIpc) is 2.77. The maximum absolute atomic E-state index is 13.3. The molecule has 0 fully saturated rings. The summed E-state index contributed by atoms with van der Waals surface area (Å²) >= 11 is 0.